The molecule has 2 saturated carbocycles. The van der Waals surface area contributed by atoms with Crippen LogP contribution in [-0.4, -0.2) is 16.1 Å². The molecule has 1 aromatic heterocycles. The third-order valence-electron chi connectivity index (χ3n) is 4.11. The second-order valence-corrected chi connectivity index (χ2v) is 6.04. The molecule has 0 aromatic carbocycles. The number of hydrogen-bond acceptors (Lipinski definition) is 4. The summed E-state index contributed by atoms with van der Waals surface area (Å²) in [7, 11) is 0. The number of aliphatic carboxylic acids is 1. The Kier molecular flexibility index (Phi) is 2.86. The molecule has 2 aliphatic rings. The average Bonchev–Trinajstić information content (AvgIpc) is 2.88. The van der Waals surface area contributed by atoms with Crippen LogP contribution < -0.4 is 5.73 Å². The third kappa shape index (κ3) is 2.03. The van der Waals surface area contributed by atoms with Crippen LogP contribution in [0.2, 0.25) is 0 Å². The molecule has 0 radical (unpaired) electrons. The lowest BCUT2D eigenvalue weighted by Gasteiger charge is -2.04. The van der Waals surface area contributed by atoms with E-state index >= 15 is 0 Å². The first kappa shape index (κ1) is 11.7. The van der Waals surface area contributed by atoms with Crippen molar-refractivity contribution in [2.45, 2.75) is 25.7 Å². The van der Waals surface area contributed by atoms with Crippen LogP contribution in [0.25, 0.3) is 5.57 Å². The highest BCUT2D eigenvalue weighted by Crippen LogP contribution is 2.56. The van der Waals surface area contributed by atoms with Gasteiger partial charge in [-0.15, -0.1) is 11.3 Å². The van der Waals surface area contributed by atoms with Crippen molar-refractivity contribution >= 4 is 28.0 Å². The zero-order valence-corrected chi connectivity index (χ0v) is 10.8. The molecule has 2 fully saturated rings. The molecule has 0 bridgehead atoms. The maximum atomic E-state index is 11.3. The van der Waals surface area contributed by atoms with Gasteiger partial charge in [0, 0.05) is 5.38 Å². The molecule has 2 unspecified atom stereocenters. The minimum atomic E-state index is -0.899. The van der Waals surface area contributed by atoms with E-state index in [1.165, 1.54) is 37.0 Å². The molecule has 0 amide bonds. The second-order valence-electron chi connectivity index (χ2n) is 5.15. The fourth-order valence-corrected chi connectivity index (χ4v) is 3.73. The van der Waals surface area contributed by atoms with Gasteiger partial charge in [0.15, 0.2) is 5.13 Å². The van der Waals surface area contributed by atoms with Crippen LogP contribution in [0.4, 0.5) is 5.13 Å². The Morgan fingerprint density at radius 1 is 1.44 bits per heavy atom. The number of rotatable bonds is 3. The number of nitrogens with zero attached hydrogens (tertiary/aromatic N) is 1. The SMILES string of the molecule is Nc1nc(C(=CC2C3CCCCC23)C(=O)O)cs1. The molecule has 5 heteroatoms. The summed E-state index contributed by atoms with van der Waals surface area (Å²) in [6.45, 7) is 0. The van der Waals surface area contributed by atoms with Gasteiger partial charge >= 0.3 is 5.97 Å². The van der Waals surface area contributed by atoms with Gasteiger partial charge in [0.05, 0.1) is 11.3 Å². The van der Waals surface area contributed by atoms with Gasteiger partial charge in [-0.3, -0.25) is 0 Å². The van der Waals surface area contributed by atoms with E-state index < -0.39 is 5.97 Å². The van der Waals surface area contributed by atoms with E-state index in [2.05, 4.69) is 4.98 Å². The molecule has 0 spiro atoms. The number of hydrogen-bond donors (Lipinski definition) is 2. The van der Waals surface area contributed by atoms with Crippen LogP contribution in [0, 0.1) is 17.8 Å². The first-order valence-corrected chi connectivity index (χ1v) is 7.21. The highest BCUT2D eigenvalue weighted by atomic mass is 32.1. The lowest BCUT2D eigenvalue weighted by Crippen LogP contribution is -2.01. The monoisotopic (exact) mass is 264 g/mol. The van der Waals surface area contributed by atoms with Crippen molar-refractivity contribution in [1.29, 1.82) is 0 Å². The number of aromatic nitrogens is 1. The van der Waals surface area contributed by atoms with Crippen LogP contribution in [0.1, 0.15) is 31.4 Å². The maximum Gasteiger partial charge on any atom is 0.337 e. The van der Waals surface area contributed by atoms with Crippen molar-refractivity contribution < 1.29 is 9.90 Å². The van der Waals surface area contributed by atoms with Crippen molar-refractivity contribution in [2.24, 2.45) is 17.8 Å². The van der Waals surface area contributed by atoms with Crippen LogP contribution in [0.3, 0.4) is 0 Å². The Morgan fingerprint density at radius 2 is 2.11 bits per heavy atom. The van der Waals surface area contributed by atoms with Crippen LogP contribution in [0.15, 0.2) is 11.5 Å². The standard InChI is InChI=1S/C13H16N2O2S/c14-13-15-11(6-18-13)10(12(16)17)5-9-7-3-1-2-4-8(7)9/h5-9H,1-4H2,(H2,14,15)(H,16,17). The number of fused-ring (bicyclic) bond motifs is 1. The van der Waals surface area contributed by atoms with Gasteiger partial charge in [0.25, 0.3) is 0 Å². The fourth-order valence-electron chi connectivity index (χ4n) is 3.16. The van der Waals surface area contributed by atoms with Gasteiger partial charge in [-0.2, -0.15) is 0 Å². The molecular formula is C13H16N2O2S. The highest BCUT2D eigenvalue weighted by Gasteiger charge is 2.49. The van der Waals surface area contributed by atoms with Gasteiger partial charge in [0.1, 0.15) is 0 Å². The molecule has 1 heterocycles. The van der Waals surface area contributed by atoms with E-state index in [1.807, 2.05) is 6.08 Å². The summed E-state index contributed by atoms with van der Waals surface area (Å²) in [5.41, 5.74) is 6.40. The highest BCUT2D eigenvalue weighted by molar-refractivity contribution is 7.13. The first-order valence-electron chi connectivity index (χ1n) is 6.33. The van der Waals surface area contributed by atoms with E-state index in [0.29, 0.717) is 34.2 Å². The molecule has 3 rings (SSSR count). The van der Waals surface area contributed by atoms with E-state index in [9.17, 15) is 9.90 Å². The summed E-state index contributed by atoms with van der Waals surface area (Å²) in [6.07, 6.45) is 6.99. The van der Waals surface area contributed by atoms with E-state index in [0.717, 1.165) is 0 Å². The molecule has 4 nitrogen and oxygen atoms in total. The Labute approximate surface area is 110 Å². The number of thiazole rings is 1. The number of anilines is 1. The van der Waals surface area contributed by atoms with Crippen LogP contribution in [0.5, 0.6) is 0 Å². The fraction of sp³-hybridized carbons (Fsp3) is 0.538. The quantitative estimate of drug-likeness (QED) is 0.823. The summed E-state index contributed by atoms with van der Waals surface area (Å²) >= 11 is 1.29. The normalized spacial score (nSPS) is 30.9. The average molecular weight is 264 g/mol. The number of carboxylic acid groups (broad SMARTS) is 1. The van der Waals surface area contributed by atoms with Gasteiger partial charge in [-0.05, 0) is 30.6 Å². The molecule has 2 atom stereocenters. The topological polar surface area (TPSA) is 76.2 Å². The van der Waals surface area contributed by atoms with Crippen molar-refractivity contribution in [1.82, 2.24) is 4.98 Å². The predicted octanol–water partition coefficient (Wildman–Crippen LogP) is 2.63. The smallest absolute Gasteiger partial charge is 0.337 e. The first-order chi connectivity index (χ1) is 8.66. The number of nitrogens with two attached hydrogens (primary N) is 1. The van der Waals surface area contributed by atoms with E-state index in [4.69, 9.17) is 5.73 Å². The second kappa shape index (κ2) is 4.39. The van der Waals surface area contributed by atoms with Gasteiger partial charge in [-0.1, -0.05) is 18.9 Å². The molecule has 0 saturated heterocycles. The summed E-state index contributed by atoms with van der Waals surface area (Å²) in [4.78, 5) is 15.4. The van der Waals surface area contributed by atoms with Crippen molar-refractivity contribution in [3.63, 3.8) is 0 Å². The zero-order valence-electron chi connectivity index (χ0n) is 10.0. The molecule has 96 valence electrons. The van der Waals surface area contributed by atoms with Crippen molar-refractivity contribution in [3.8, 4) is 0 Å². The van der Waals surface area contributed by atoms with Crippen LogP contribution >= 0.6 is 11.3 Å². The van der Waals surface area contributed by atoms with Crippen molar-refractivity contribution in [3.05, 3.63) is 17.2 Å². The molecule has 3 N–H and O–H groups in total. The van der Waals surface area contributed by atoms with Gasteiger partial charge in [-0.25, -0.2) is 9.78 Å². The molecular weight excluding hydrogens is 248 g/mol. The predicted molar refractivity (Wildman–Crippen MR) is 71.1 cm³/mol. The Bertz CT molecular complexity index is 497. The zero-order chi connectivity index (χ0) is 12.7. The number of nitrogen functional groups attached to an aromatic ring is 1. The Hall–Kier alpha value is -1.36. The summed E-state index contributed by atoms with van der Waals surface area (Å²) in [5.74, 6) is 0.971. The molecule has 18 heavy (non-hydrogen) atoms. The molecule has 2 aliphatic carbocycles. The minimum Gasteiger partial charge on any atom is -0.478 e. The van der Waals surface area contributed by atoms with Gasteiger partial charge in [0.2, 0.25) is 0 Å². The Balaban J connectivity index is 1.84. The maximum absolute atomic E-state index is 11.3. The van der Waals surface area contributed by atoms with E-state index in [-0.39, 0.29) is 0 Å². The number of carbonyl (C=O) groups is 1. The number of allylic oxidation sites excluding steroid dienone is 1. The van der Waals surface area contributed by atoms with E-state index in [1.54, 1.807) is 5.38 Å². The lowest BCUT2D eigenvalue weighted by atomic mass is 10.0. The molecule has 0 aliphatic heterocycles. The summed E-state index contributed by atoms with van der Waals surface area (Å²) < 4.78 is 0. The Morgan fingerprint density at radius 3 is 2.61 bits per heavy atom. The van der Waals surface area contributed by atoms with Crippen LogP contribution in [-0.2, 0) is 4.79 Å². The summed E-state index contributed by atoms with van der Waals surface area (Å²) in [6, 6.07) is 0. The third-order valence-corrected chi connectivity index (χ3v) is 4.78. The van der Waals surface area contributed by atoms with Gasteiger partial charge < -0.3 is 10.8 Å². The minimum absolute atomic E-state index is 0.322. The van der Waals surface area contributed by atoms with Crippen molar-refractivity contribution in [2.75, 3.05) is 5.73 Å². The lowest BCUT2D eigenvalue weighted by molar-refractivity contribution is -0.130. The number of carboxylic acids is 1. The molecule has 1 aromatic rings. The summed E-state index contributed by atoms with van der Waals surface area (Å²) in [5, 5.41) is 11.4. The largest absolute Gasteiger partial charge is 0.478 e.